The lowest BCUT2D eigenvalue weighted by atomic mass is 9.91. The third kappa shape index (κ3) is 13.0. The molecule has 0 atom stereocenters. The van der Waals surface area contributed by atoms with E-state index in [0.29, 0.717) is 22.8 Å². The van der Waals surface area contributed by atoms with E-state index in [9.17, 15) is 19.5 Å². The lowest BCUT2D eigenvalue weighted by Gasteiger charge is -2.17. The van der Waals surface area contributed by atoms with Gasteiger partial charge in [0.1, 0.15) is 43.7 Å². The zero-order valence-electron chi connectivity index (χ0n) is 32.3. The molecule has 4 aromatic rings. The normalized spacial score (nSPS) is 10.7. The number of benzene rings is 4. The molecule has 11 heteroatoms. The molecule has 0 aliphatic carbocycles. The van der Waals surface area contributed by atoms with Crippen LogP contribution in [0, 0.1) is 0 Å². The molecular formula is C46H50O11. The second-order valence-corrected chi connectivity index (χ2v) is 13.1. The van der Waals surface area contributed by atoms with Gasteiger partial charge in [-0.05, 0) is 76.6 Å². The average Bonchev–Trinajstić information content (AvgIpc) is 3.24. The fourth-order valence-corrected chi connectivity index (χ4v) is 5.65. The number of esters is 3. The van der Waals surface area contributed by atoms with Crippen molar-refractivity contribution in [3.8, 4) is 50.6 Å². The molecule has 0 bridgehead atoms. The Hall–Kier alpha value is -6.01. The Labute approximate surface area is 333 Å². The Bertz CT molecular complexity index is 2010. The molecule has 0 unspecified atom stereocenters. The van der Waals surface area contributed by atoms with Crippen LogP contribution >= 0.6 is 0 Å². The molecule has 57 heavy (non-hydrogen) atoms. The van der Waals surface area contributed by atoms with Crippen LogP contribution < -0.4 is 14.2 Å². The fourth-order valence-electron chi connectivity index (χ4n) is 5.65. The second kappa shape index (κ2) is 22.5. The molecule has 300 valence electrons. The monoisotopic (exact) mass is 778 g/mol. The van der Waals surface area contributed by atoms with E-state index in [1.807, 2.05) is 60.7 Å². The predicted octanol–water partition coefficient (Wildman–Crippen LogP) is 7.21. The van der Waals surface area contributed by atoms with Crippen molar-refractivity contribution >= 4 is 17.9 Å². The van der Waals surface area contributed by atoms with Crippen LogP contribution in [0.3, 0.4) is 0 Å². The number of ether oxygens (including phenoxy) is 5. The van der Waals surface area contributed by atoms with E-state index < -0.39 is 37.7 Å². The van der Waals surface area contributed by atoms with E-state index in [1.165, 1.54) is 0 Å². The van der Waals surface area contributed by atoms with Gasteiger partial charge in [-0.15, -0.1) is 0 Å². The van der Waals surface area contributed by atoms with Gasteiger partial charge in [0.15, 0.2) is 0 Å². The number of carbonyl (C=O) groups is 3. The van der Waals surface area contributed by atoms with Gasteiger partial charge in [0, 0.05) is 5.56 Å². The minimum absolute atomic E-state index is 0.0156. The summed E-state index contributed by atoms with van der Waals surface area (Å²) in [4.78, 5) is 36.3. The molecule has 0 saturated carbocycles. The SMILES string of the molecule is C=C(CO)C(=O)OCCOc1ccc(-c2ccc(-c3ccc(-c4ccc(OCCOC(=O)C(=C)CO)cc4)c(OC(=O)C(=C)CO)c3)c(CCCCCC)c2)cc1. The fraction of sp³-hybridized carbons (Fsp3) is 0.283. The smallest absolute Gasteiger partial charge is 0.341 e. The van der Waals surface area contributed by atoms with Crippen LogP contribution in [0.25, 0.3) is 33.4 Å². The number of hydrogen-bond donors (Lipinski definition) is 3. The first kappa shape index (κ1) is 43.7. The predicted molar refractivity (Wildman–Crippen MR) is 218 cm³/mol. The van der Waals surface area contributed by atoms with E-state index in [-0.39, 0.29) is 43.1 Å². The summed E-state index contributed by atoms with van der Waals surface area (Å²) < 4.78 is 27.3. The highest BCUT2D eigenvalue weighted by Gasteiger charge is 2.17. The zero-order chi connectivity index (χ0) is 41.2. The van der Waals surface area contributed by atoms with Crippen LogP contribution in [0.2, 0.25) is 0 Å². The molecule has 3 N–H and O–H groups in total. The molecule has 0 amide bonds. The third-order valence-electron chi connectivity index (χ3n) is 8.86. The van der Waals surface area contributed by atoms with Gasteiger partial charge in [-0.3, -0.25) is 0 Å². The van der Waals surface area contributed by atoms with E-state index in [4.69, 9.17) is 33.9 Å². The second-order valence-electron chi connectivity index (χ2n) is 13.1. The maximum absolute atomic E-state index is 12.9. The van der Waals surface area contributed by atoms with Crippen molar-refractivity contribution < 1.29 is 53.4 Å². The number of hydrogen-bond acceptors (Lipinski definition) is 11. The molecular weight excluding hydrogens is 728 g/mol. The van der Waals surface area contributed by atoms with E-state index in [1.54, 1.807) is 12.1 Å². The average molecular weight is 779 g/mol. The standard InChI is InChI=1S/C46H50O11/c1-5-6-7-8-9-37-26-36(34-10-16-39(17-11-34)53-22-24-55-44(50)31(2)28-47)14-20-41(37)38-15-21-42(43(27-38)57-46(52)33(4)30-49)35-12-18-40(19-13-35)54-23-25-56-45(51)32(3)29-48/h10-21,26-27,47-49H,2-9,22-25,28-30H2,1H3. The molecule has 4 aromatic carbocycles. The van der Waals surface area contributed by atoms with Crippen molar-refractivity contribution in [2.75, 3.05) is 46.2 Å². The van der Waals surface area contributed by atoms with Crippen LogP contribution in [0.1, 0.15) is 38.2 Å². The third-order valence-corrected chi connectivity index (χ3v) is 8.86. The van der Waals surface area contributed by atoms with E-state index >= 15 is 0 Å². The lowest BCUT2D eigenvalue weighted by molar-refractivity contribution is -0.141. The van der Waals surface area contributed by atoms with Crippen molar-refractivity contribution in [3.63, 3.8) is 0 Å². The van der Waals surface area contributed by atoms with E-state index in [2.05, 4.69) is 38.8 Å². The number of aliphatic hydroxyl groups is 3. The number of rotatable bonds is 23. The first-order valence-corrected chi connectivity index (χ1v) is 18.7. The maximum atomic E-state index is 12.9. The molecule has 0 aliphatic rings. The van der Waals surface area contributed by atoms with Gasteiger partial charge in [-0.25, -0.2) is 14.4 Å². The molecule has 0 saturated heterocycles. The van der Waals surface area contributed by atoms with E-state index in [0.717, 1.165) is 65.5 Å². The quantitative estimate of drug-likeness (QED) is 0.0303. The van der Waals surface area contributed by atoms with Gasteiger partial charge in [-0.1, -0.05) is 101 Å². The van der Waals surface area contributed by atoms with Crippen molar-refractivity contribution in [3.05, 3.63) is 127 Å². The molecule has 0 aliphatic heterocycles. The Kier molecular flexibility index (Phi) is 17.3. The van der Waals surface area contributed by atoms with Gasteiger partial charge >= 0.3 is 17.9 Å². The Morgan fingerprint density at radius 3 is 1.56 bits per heavy atom. The summed E-state index contributed by atoms with van der Waals surface area (Å²) in [5, 5.41) is 27.6. The highest BCUT2D eigenvalue weighted by molar-refractivity contribution is 5.92. The molecule has 11 nitrogen and oxygen atoms in total. The van der Waals surface area contributed by atoms with Crippen molar-refractivity contribution in [2.45, 2.75) is 39.0 Å². The van der Waals surface area contributed by atoms with Gasteiger partial charge in [0.2, 0.25) is 0 Å². The first-order chi connectivity index (χ1) is 27.6. The number of aryl methyl sites for hydroxylation is 1. The summed E-state index contributed by atoms with van der Waals surface area (Å²) >= 11 is 0. The minimum Gasteiger partial charge on any atom is -0.490 e. The molecule has 0 spiro atoms. The molecule has 4 rings (SSSR count). The number of aliphatic hydroxyl groups excluding tert-OH is 3. The summed E-state index contributed by atoms with van der Waals surface area (Å²) in [5.74, 6) is -0.659. The Balaban J connectivity index is 1.58. The van der Waals surface area contributed by atoms with Crippen molar-refractivity contribution in [1.82, 2.24) is 0 Å². The molecule has 0 aromatic heterocycles. The van der Waals surface area contributed by atoms with Crippen molar-refractivity contribution in [1.29, 1.82) is 0 Å². The Morgan fingerprint density at radius 1 is 0.526 bits per heavy atom. The first-order valence-electron chi connectivity index (χ1n) is 18.7. The summed E-state index contributed by atoms with van der Waals surface area (Å²) in [5.41, 5.74) is 6.22. The van der Waals surface area contributed by atoms with Crippen molar-refractivity contribution in [2.24, 2.45) is 0 Å². The highest BCUT2D eigenvalue weighted by Crippen LogP contribution is 2.38. The van der Waals surface area contributed by atoms with Crippen LogP contribution in [0.15, 0.2) is 121 Å². The van der Waals surface area contributed by atoms with Gasteiger partial charge in [0.25, 0.3) is 0 Å². The summed E-state index contributed by atoms with van der Waals surface area (Å²) in [6.07, 6.45) is 5.17. The maximum Gasteiger partial charge on any atom is 0.341 e. The zero-order valence-corrected chi connectivity index (χ0v) is 32.3. The van der Waals surface area contributed by atoms with Crippen LogP contribution in [-0.2, 0) is 30.3 Å². The molecule has 0 fully saturated rings. The molecule has 0 heterocycles. The summed E-state index contributed by atoms with van der Waals surface area (Å²) in [7, 11) is 0. The lowest BCUT2D eigenvalue weighted by Crippen LogP contribution is -2.15. The number of carbonyl (C=O) groups excluding carboxylic acids is 3. The molecule has 0 radical (unpaired) electrons. The van der Waals surface area contributed by atoms with Gasteiger partial charge in [-0.2, -0.15) is 0 Å². The number of unbranched alkanes of at least 4 members (excludes halogenated alkanes) is 3. The topological polar surface area (TPSA) is 158 Å². The minimum atomic E-state index is -0.745. The summed E-state index contributed by atoms with van der Waals surface area (Å²) in [6, 6.07) is 26.8. The van der Waals surface area contributed by atoms with Crippen LogP contribution in [-0.4, -0.2) is 79.5 Å². The van der Waals surface area contributed by atoms with Crippen LogP contribution in [0.4, 0.5) is 0 Å². The Morgan fingerprint density at radius 2 is 1.02 bits per heavy atom. The van der Waals surface area contributed by atoms with Gasteiger partial charge in [0.05, 0.1) is 36.5 Å². The highest BCUT2D eigenvalue weighted by atomic mass is 16.6. The van der Waals surface area contributed by atoms with Gasteiger partial charge < -0.3 is 39.0 Å². The summed E-state index contributed by atoms with van der Waals surface area (Å²) in [6.45, 7) is 11.4. The largest absolute Gasteiger partial charge is 0.490 e. The van der Waals surface area contributed by atoms with Crippen LogP contribution in [0.5, 0.6) is 17.2 Å².